The van der Waals surface area contributed by atoms with Crippen LogP contribution in [0.2, 0.25) is 0 Å². The number of amides is 3. The number of urea groups is 1. The van der Waals surface area contributed by atoms with Gasteiger partial charge < -0.3 is 24.8 Å². The number of ether oxygens (including phenoxy) is 3. The molecule has 4 rings (SSSR count). The zero-order valence-corrected chi connectivity index (χ0v) is 15.4. The smallest absolute Gasteiger partial charge is 0.418 e. The zero-order chi connectivity index (χ0) is 21.3. The van der Waals surface area contributed by atoms with Crippen LogP contribution in [0.25, 0.3) is 0 Å². The number of rotatable bonds is 4. The number of benzene rings is 2. The molecule has 158 valence electrons. The fourth-order valence-corrected chi connectivity index (χ4v) is 3.10. The molecule has 3 amide bonds. The Morgan fingerprint density at radius 3 is 2.70 bits per heavy atom. The van der Waals surface area contributed by atoms with Gasteiger partial charge >= 0.3 is 18.3 Å². The third-order valence-corrected chi connectivity index (χ3v) is 4.51. The third kappa shape index (κ3) is 4.04. The molecule has 2 aromatic rings. The Balaban J connectivity index is 1.34. The maximum atomic E-state index is 13.0. The number of carbonyl (C=O) groups is 2. The molecule has 30 heavy (non-hydrogen) atoms. The molecule has 0 radical (unpaired) electrons. The van der Waals surface area contributed by atoms with E-state index in [0.29, 0.717) is 17.2 Å². The van der Waals surface area contributed by atoms with Crippen LogP contribution in [0.3, 0.4) is 0 Å². The van der Waals surface area contributed by atoms with Gasteiger partial charge in [0.1, 0.15) is 6.10 Å². The van der Waals surface area contributed by atoms with Gasteiger partial charge in [0.2, 0.25) is 6.79 Å². The Labute approximate surface area is 168 Å². The molecule has 1 atom stereocenters. The fourth-order valence-electron chi connectivity index (χ4n) is 3.10. The first kappa shape index (κ1) is 19.7. The van der Waals surface area contributed by atoms with Crippen molar-refractivity contribution in [2.45, 2.75) is 12.3 Å². The second-order valence-corrected chi connectivity index (χ2v) is 6.53. The maximum absolute atomic E-state index is 13.0. The van der Waals surface area contributed by atoms with Crippen molar-refractivity contribution in [3.05, 3.63) is 48.0 Å². The number of hydrogen-bond acceptors (Lipinski definition) is 5. The molecule has 2 aliphatic heterocycles. The van der Waals surface area contributed by atoms with E-state index in [2.05, 4.69) is 10.6 Å². The Bertz CT molecular complexity index is 982. The highest BCUT2D eigenvalue weighted by Gasteiger charge is 2.35. The molecule has 0 bridgehead atoms. The molecule has 0 aliphatic carbocycles. The van der Waals surface area contributed by atoms with Gasteiger partial charge in [-0.2, -0.15) is 13.2 Å². The first-order chi connectivity index (χ1) is 14.3. The van der Waals surface area contributed by atoms with Crippen LogP contribution in [0.5, 0.6) is 11.5 Å². The number of nitrogens with zero attached hydrogens (tertiary/aromatic N) is 1. The summed E-state index contributed by atoms with van der Waals surface area (Å²) in [4.78, 5) is 25.6. The van der Waals surface area contributed by atoms with Crippen LogP contribution in [-0.4, -0.2) is 38.1 Å². The number of carbonyl (C=O) groups excluding carboxylic acids is 2. The minimum absolute atomic E-state index is 0.0766. The summed E-state index contributed by atoms with van der Waals surface area (Å²) in [5, 5.41) is 4.59. The summed E-state index contributed by atoms with van der Waals surface area (Å²) >= 11 is 0. The van der Waals surface area contributed by atoms with Crippen molar-refractivity contribution in [3.63, 3.8) is 0 Å². The highest BCUT2D eigenvalue weighted by Crippen LogP contribution is 2.37. The topological polar surface area (TPSA) is 89.1 Å². The normalized spacial score (nSPS) is 17.6. The monoisotopic (exact) mass is 423 g/mol. The first-order valence-electron chi connectivity index (χ1n) is 8.90. The first-order valence-corrected chi connectivity index (χ1v) is 8.90. The summed E-state index contributed by atoms with van der Waals surface area (Å²) in [6, 6.07) is 8.77. The van der Waals surface area contributed by atoms with E-state index in [0.717, 1.165) is 12.1 Å². The van der Waals surface area contributed by atoms with Crippen LogP contribution in [0.4, 0.5) is 34.1 Å². The third-order valence-electron chi connectivity index (χ3n) is 4.51. The molecule has 0 aromatic heterocycles. The minimum atomic E-state index is -4.60. The number of halogens is 3. The molecule has 0 spiro atoms. The van der Waals surface area contributed by atoms with Gasteiger partial charge in [0.05, 0.1) is 30.0 Å². The molecule has 11 heteroatoms. The standard InChI is InChI=1S/C19H16F3N3O5/c20-19(21,22)13-3-1-2-4-14(13)24-17(26)23-8-12-9-25(18(27)30-12)11-5-6-15-16(7-11)29-10-28-15/h1-7,12H,8-10H2,(H2,23,24,26). The molecule has 0 saturated carbocycles. The number of nitrogens with one attached hydrogen (secondary N) is 2. The number of alkyl halides is 3. The average Bonchev–Trinajstić information content (AvgIpc) is 3.31. The number of para-hydroxylation sites is 1. The van der Waals surface area contributed by atoms with Crippen LogP contribution < -0.4 is 25.0 Å². The van der Waals surface area contributed by atoms with Crippen molar-refractivity contribution in [2.75, 3.05) is 30.1 Å². The van der Waals surface area contributed by atoms with E-state index in [4.69, 9.17) is 14.2 Å². The summed E-state index contributed by atoms with van der Waals surface area (Å²) in [7, 11) is 0. The SMILES string of the molecule is O=C(NCC1CN(c2ccc3c(c2)OCO3)C(=O)O1)Nc1ccccc1C(F)(F)F. The van der Waals surface area contributed by atoms with Crippen LogP contribution in [0.1, 0.15) is 5.56 Å². The van der Waals surface area contributed by atoms with Gasteiger partial charge in [-0.25, -0.2) is 9.59 Å². The zero-order valence-electron chi connectivity index (χ0n) is 15.4. The highest BCUT2D eigenvalue weighted by atomic mass is 19.4. The maximum Gasteiger partial charge on any atom is 0.418 e. The summed E-state index contributed by atoms with van der Waals surface area (Å²) in [5.74, 6) is 1.07. The van der Waals surface area contributed by atoms with E-state index in [1.807, 2.05) is 0 Å². The molecule has 1 unspecified atom stereocenters. The van der Waals surface area contributed by atoms with E-state index in [9.17, 15) is 22.8 Å². The summed E-state index contributed by atoms with van der Waals surface area (Å²) in [5.41, 5.74) is -0.787. The Morgan fingerprint density at radius 1 is 1.13 bits per heavy atom. The van der Waals surface area contributed by atoms with Crippen molar-refractivity contribution in [2.24, 2.45) is 0 Å². The fraction of sp³-hybridized carbons (Fsp3) is 0.263. The molecule has 2 aromatic carbocycles. The predicted octanol–water partition coefficient (Wildman–Crippen LogP) is 3.58. The molecular formula is C19H16F3N3O5. The molecular weight excluding hydrogens is 407 g/mol. The number of hydrogen-bond donors (Lipinski definition) is 2. The predicted molar refractivity (Wildman–Crippen MR) is 98.6 cm³/mol. The van der Waals surface area contributed by atoms with Gasteiger partial charge in [-0.3, -0.25) is 4.90 Å². The molecule has 8 nitrogen and oxygen atoms in total. The van der Waals surface area contributed by atoms with Crippen molar-refractivity contribution in [1.82, 2.24) is 5.32 Å². The van der Waals surface area contributed by atoms with E-state index >= 15 is 0 Å². The van der Waals surface area contributed by atoms with Crippen LogP contribution in [-0.2, 0) is 10.9 Å². The summed E-state index contributed by atoms with van der Waals surface area (Å²) in [6.45, 7) is 0.174. The van der Waals surface area contributed by atoms with Gasteiger partial charge in [-0.1, -0.05) is 12.1 Å². The van der Waals surface area contributed by atoms with Gasteiger partial charge in [-0.05, 0) is 24.3 Å². The van der Waals surface area contributed by atoms with Crippen molar-refractivity contribution < 1.29 is 37.0 Å². The van der Waals surface area contributed by atoms with Crippen LogP contribution in [0, 0.1) is 0 Å². The molecule has 1 fully saturated rings. The number of fused-ring (bicyclic) bond motifs is 1. The van der Waals surface area contributed by atoms with Gasteiger partial charge in [0.25, 0.3) is 0 Å². The van der Waals surface area contributed by atoms with E-state index in [-0.39, 0.29) is 25.6 Å². The quantitative estimate of drug-likeness (QED) is 0.785. The lowest BCUT2D eigenvalue weighted by Crippen LogP contribution is -2.37. The van der Waals surface area contributed by atoms with Gasteiger partial charge in [0.15, 0.2) is 11.5 Å². The van der Waals surface area contributed by atoms with Crippen molar-refractivity contribution >= 4 is 23.5 Å². The van der Waals surface area contributed by atoms with Crippen molar-refractivity contribution in [3.8, 4) is 11.5 Å². The Morgan fingerprint density at radius 2 is 1.90 bits per heavy atom. The van der Waals surface area contributed by atoms with Crippen molar-refractivity contribution in [1.29, 1.82) is 0 Å². The molecule has 2 heterocycles. The highest BCUT2D eigenvalue weighted by molar-refractivity contribution is 5.91. The van der Waals surface area contributed by atoms with E-state index in [1.165, 1.54) is 17.0 Å². The summed E-state index contributed by atoms with van der Waals surface area (Å²) < 4.78 is 54.8. The molecule has 2 N–H and O–H groups in total. The van der Waals surface area contributed by atoms with Crippen LogP contribution in [0.15, 0.2) is 42.5 Å². The van der Waals surface area contributed by atoms with Gasteiger partial charge in [-0.15, -0.1) is 0 Å². The summed E-state index contributed by atoms with van der Waals surface area (Å²) in [6.07, 6.45) is -5.88. The molecule has 2 aliphatic rings. The largest absolute Gasteiger partial charge is 0.454 e. The number of cyclic esters (lactones) is 1. The minimum Gasteiger partial charge on any atom is -0.454 e. The lowest BCUT2D eigenvalue weighted by Gasteiger charge is -2.15. The second kappa shape index (κ2) is 7.65. The second-order valence-electron chi connectivity index (χ2n) is 6.53. The van der Waals surface area contributed by atoms with Gasteiger partial charge in [0, 0.05) is 6.07 Å². The lowest BCUT2D eigenvalue weighted by molar-refractivity contribution is -0.136. The Hall–Kier alpha value is -3.63. The lowest BCUT2D eigenvalue weighted by atomic mass is 10.1. The molecule has 1 saturated heterocycles. The Kier molecular flexibility index (Phi) is 5.02. The van der Waals surface area contributed by atoms with Crippen LogP contribution >= 0.6 is 0 Å². The average molecular weight is 423 g/mol. The number of anilines is 2. The van der Waals surface area contributed by atoms with E-state index in [1.54, 1.807) is 18.2 Å². The van der Waals surface area contributed by atoms with E-state index < -0.39 is 30.0 Å².